The highest BCUT2D eigenvalue weighted by atomic mass is 16.5. The molecule has 1 unspecified atom stereocenters. The van der Waals surface area contributed by atoms with Gasteiger partial charge < -0.3 is 14.4 Å². The lowest BCUT2D eigenvalue weighted by molar-refractivity contribution is 0.0600. The zero-order valence-corrected chi connectivity index (χ0v) is 12.3. The van der Waals surface area contributed by atoms with Gasteiger partial charge in [0.15, 0.2) is 0 Å². The van der Waals surface area contributed by atoms with Crippen molar-refractivity contribution in [3.8, 4) is 5.88 Å². The summed E-state index contributed by atoms with van der Waals surface area (Å²) in [7, 11) is 1.35. The Morgan fingerprint density at radius 2 is 2.09 bits per heavy atom. The molecule has 0 bridgehead atoms. The number of carbonyl (C=O) groups excluding carboxylic acids is 1. The van der Waals surface area contributed by atoms with Crippen molar-refractivity contribution in [3.05, 3.63) is 48.4 Å². The van der Waals surface area contributed by atoms with E-state index in [4.69, 9.17) is 4.74 Å². The average molecular weight is 299 g/mol. The molecular weight excluding hydrogens is 282 g/mol. The Kier molecular flexibility index (Phi) is 4.18. The maximum Gasteiger partial charge on any atom is 0.339 e. The fourth-order valence-electron chi connectivity index (χ4n) is 2.47. The highest BCUT2D eigenvalue weighted by molar-refractivity contribution is 5.88. The van der Waals surface area contributed by atoms with E-state index >= 15 is 0 Å². The van der Waals surface area contributed by atoms with E-state index in [1.54, 1.807) is 24.5 Å². The van der Waals surface area contributed by atoms with Crippen LogP contribution in [0.1, 0.15) is 16.8 Å². The van der Waals surface area contributed by atoms with Crippen molar-refractivity contribution in [2.75, 3.05) is 25.1 Å². The Morgan fingerprint density at radius 1 is 1.27 bits per heavy atom. The van der Waals surface area contributed by atoms with Gasteiger partial charge in [0.1, 0.15) is 6.10 Å². The van der Waals surface area contributed by atoms with E-state index in [1.807, 2.05) is 12.1 Å². The summed E-state index contributed by atoms with van der Waals surface area (Å²) in [5.74, 6) is 0.123. The number of hydrogen-bond donors (Lipinski definition) is 0. The molecule has 0 saturated carbocycles. The van der Waals surface area contributed by atoms with E-state index in [0.717, 1.165) is 25.2 Å². The molecule has 1 saturated heterocycles. The van der Waals surface area contributed by atoms with Gasteiger partial charge in [0.05, 0.1) is 19.2 Å². The summed E-state index contributed by atoms with van der Waals surface area (Å²) in [6.45, 7) is 1.75. The second kappa shape index (κ2) is 6.43. The van der Waals surface area contributed by atoms with Crippen molar-refractivity contribution in [3.63, 3.8) is 0 Å². The summed E-state index contributed by atoms with van der Waals surface area (Å²) in [4.78, 5) is 21.8. The Morgan fingerprint density at radius 3 is 2.77 bits per heavy atom. The second-order valence-corrected chi connectivity index (χ2v) is 5.06. The van der Waals surface area contributed by atoms with Gasteiger partial charge in [-0.2, -0.15) is 0 Å². The van der Waals surface area contributed by atoms with Crippen molar-refractivity contribution >= 4 is 11.7 Å². The molecule has 0 aromatic carbocycles. The molecular formula is C16H17N3O3. The molecule has 3 rings (SSSR count). The van der Waals surface area contributed by atoms with Gasteiger partial charge in [-0.15, -0.1) is 0 Å². The van der Waals surface area contributed by atoms with Crippen LogP contribution in [0, 0.1) is 0 Å². The molecule has 1 aliphatic heterocycles. The highest BCUT2D eigenvalue weighted by Crippen LogP contribution is 2.22. The molecule has 0 N–H and O–H groups in total. The van der Waals surface area contributed by atoms with Crippen LogP contribution in [0.15, 0.2) is 42.9 Å². The van der Waals surface area contributed by atoms with Crippen molar-refractivity contribution in [1.29, 1.82) is 0 Å². The molecule has 0 radical (unpaired) electrons. The molecule has 114 valence electrons. The number of ether oxygens (including phenoxy) is 2. The molecule has 1 aliphatic rings. The Balaban J connectivity index is 1.59. The van der Waals surface area contributed by atoms with E-state index < -0.39 is 5.97 Å². The van der Waals surface area contributed by atoms with Crippen molar-refractivity contribution in [1.82, 2.24) is 9.97 Å². The smallest absolute Gasteiger partial charge is 0.339 e. The van der Waals surface area contributed by atoms with Crippen molar-refractivity contribution < 1.29 is 14.3 Å². The lowest BCUT2D eigenvalue weighted by Gasteiger charge is -2.18. The van der Waals surface area contributed by atoms with Gasteiger partial charge in [0.2, 0.25) is 5.88 Å². The summed E-state index contributed by atoms with van der Waals surface area (Å²) < 4.78 is 10.5. The first-order valence-electron chi connectivity index (χ1n) is 7.12. The molecule has 6 heteroatoms. The fourth-order valence-corrected chi connectivity index (χ4v) is 2.47. The third-order valence-corrected chi connectivity index (χ3v) is 3.62. The summed E-state index contributed by atoms with van der Waals surface area (Å²) in [5.41, 5.74) is 1.56. The van der Waals surface area contributed by atoms with E-state index in [1.165, 1.54) is 13.3 Å². The summed E-state index contributed by atoms with van der Waals surface area (Å²) in [6.07, 6.45) is 6.07. The van der Waals surface area contributed by atoms with Gasteiger partial charge in [0.25, 0.3) is 0 Å². The molecule has 0 aliphatic carbocycles. The Hall–Kier alpha value is -2.63. The van der Waals surface area contributed by atoms with Crippen LogP contribution >= 0.6 is 0 Å². The Bertz CT molecular complexity index is 631. The minimum Gasteiger partial charge on any atom is -0.472 e. The molecule has 2 aromatic rings. The topological polar surface area (TPSA) is 64.6 Å². The van der Waals surface area contributed by atoms with Gasteiger partial charge in [0, 0.05) is 43.3 Å². The first kappa shape index (κ1) is 14.3. The van der Waals surface area contributed by atoms with Crippen LogP contribution < -0.4 is 9.64 Å². The van der Waals surface area contributed by atoms with E-state index in [0.29, 0.717) is 11.4 Å². The molecule has 2 aromatic heterocycles. The van der Waals surface area contributed by atoms with Crippen LogP contribution in [0.4, 0.5) is 5.69 Å². The van der Waals surface area contributed by atoms with Gasteiger partial charge in [-0.05, 0) is 18.2 Å². The number of rotatable bonds is 4. The van der Waals surface area contributed by atoms with Crippen molar-refractivity contribution in [2.45, 2.75) is 12.5 Å². The van der Waals surface area contributed by atoms with Crippen LogP contribution in [0.5, 0.6) is 5.88 Å². The predicted octanol–water partition coefficient (Wildman–Crippen LogP) is 1.92. The van der Waals surface area contributed by atoms with E-state index in [-0.39, 0.29) is 6.10 Å². The number of nitrogens with zero attached hydrogens (tertiary/aromatic N) is 3. The molecule has 0 amide bonds. The highest BCUT2D eigenvalue weighted by Gasteiger charge is 2.24. The number of esters is 1. The minimum absolute atomic E-state index is 0.0876. The second-order valence-electron chi connectivity index (χ2n) is 5.06. The third-order valence-electron chi connectivity index (χ3n) is 3.62. The number of aromatic nitrogens is 2. The van der Waals surface area contributed by atoms with Crippen LogP contribution in [-0.4, -0.2) is 42.2 Å². The van der Waals surface area contributed by atoms with Crippen LogP contribution in [0.25, 0.3) is 0 Å². The first-order chi connectivity index (χ1) is 10.8. The molecule has 0 spiro atoms. The summed E-state index contributed by atoms with van der Waals surface area (Å²) in [5, 5.41) is 0. The van der Waals surface area contributed by atoms with Crippen LogP contribution in [0.2, 0.25) is 0 Å². The quantitative estimate of drug-likeness (QED) is 0.804. The Labute approximate surface area is 128 Å². The zero-order chi connectivity index (χ0) is 15.4. The number of pyridine rings is 2. The summed E-state index contributed by atoms with van der Waals surface area (Å²) >= 11 is 0. The van der Waals surface area contributed by atoms with Crippen molar-refractivity contribution in [2.24, 2.45) is 0 Å². The molecule has 3 heterocycles. The lowest BCUT2D eigenvalue weighted by Crippen LogP contribution is -2.24. The van der Waals surface area contributed by atoms with Gasteiger partial charge in [-0.1, -0.05) is 0 Å². The largest absolute Gasteiger partial charge is 0.472 e. The number of anilines is 1. The monoisotopic (exact) mass is 299 g/mol. The van der Waals surface area contributed by atoms with Gasteiger partial charge >= 0.3 is 5.97 Å². The molecule has 1 atom stereocenters. The van der Waals surface area contributed by atoms with Gasteiger partial charge in [-0.25, -0.2) is 9.78 Å². The van der Waals surface area contributed by atoms with Gasteiger partial charge in [-0.3, -0.25) is 4.98 Å². The predicted molar refractivity (Wildman–Crippen MR) is 81.1 cm³/mol. The maximum absolute atomic E-state index is 11.4. The normalized spacial score (nSPS) is 17.3. The number of hydrogen-bond acceptors (Lipinski definition) is 6. The minimum atomic E-state index is -0.399. The number of methoxy groups -OCH3 is 1. The zero-order valence-electron chi connectivity index (χ0n) is 12.3. The standard InChI is InChI=1S/C16H17N3O3/c1-21-16(20)12-2-3-15(18-10-12)22-14-6-9-19(11-14)13-4-7-17-8-5-13/h2-5,7-8,10,14H,6,9,11H2,1H3. The SMILES string of the molecule is COC(=O)c1ccc(OC2CCN(c3ccncc3)C2)nc1. The number of carbonyl (C=O) groups is 1. The van der Waals surface area contributed by atoms with Crippen LogP contribution in [-0.2, 0) is 4.74 Å². The van der Waals surface area contributed by atoms with Crippen LogP contribution in [0.3, 0.4) is 0 Å². The third kappa shape index (κ3) is 3.16. The first-order valence-corrected chi connectivity index (χ1v) is 7.12. The summed E-state index contributed by atoms with van der Waals surface area (Å²) in [6, 6.07) is 7.34. The molecule has 6 nitrogen and oxygen atoms in total. The molecule has 1 fully saturated rings. The lowest BCUT2D eigenvalue weighted by atomic mass is 10.3. The fraction of sp³-hybridized carbons (Fsp3) is 0.312. The molecule has 22 heavy (non-hydrogen) atoms. The van der Waals surface area contributed by atoms with E-state index in [2.05, 4.69) is 19.6 Å². The maximum atomic E-state index is 11.4. The average Bonchev–Trinajstić information content (AvgIpc) is 3.04. The van der Waals surface area contributed by atoms with E-state index in [9.17, 15) is 4.79 Å².